The van der Waals surface area contributed by atoms with Crippen LogP contribution in [-0.4, -0.2) is 52.8 Å². The Balaban J connectivity index is 4.23. The van der Waals surface area contributed by atoms with Crippen LogP contribution in [-0.2, 0) is 9.59 Å². The Morgan fingerprint density at radius 2 is 1.36 bits per heavy atom. The number of hydrogen-bond donors (Lipinski definition) is 2. The van der Waals surface area contributed by atoms with Gasteiger partial charge in [0.1, 0.15) is 0 Å². The predicted octanol–water partition coefficient (Wildman–Crippen LogP) is 4.55. The van der Waals surface area contributed by atoms with Gasteiger partial charge in [-0.15, -0.1) is 0 Å². The molecule has 5 heteroatoms. The number of aliphatic carboxylic acids is 2. The molecule has 0 aliphatic rings. The van der Waals surface area contributed by atoms with E-state index in [1.807, 2.05) is 14.1 Å². The largest absolute Gasteiger partial charge is 0.481 e. The molecule has 0 aromatic heterocycles. The van der Waals surface area contributed by atoms with E-state index in [0.29, 0.717) is 19.4 Å². The van der Waals surface area contributed by atoms with Crippen molar-refractivity contribution in [2.24, 2.45) is 5.92 Å². The Morgan fingerprint density at radius 1 is 0.880 bits per heavy atom. The molecule has 0 saturated carbocycles. The smallest absolute Gasteiger partial charge is 0.365 e. The molecule has 0 amide bonds. The molecular formula is C20H40NO4+. The molecule has 0 saturated heterocycles. The summed E-state index contributed by atoms with van der Waals surface area (Å²) in [5.74, 6) is -1.98. The summed E-state index contributed by atoms with van der Waals surface area (Å²) in [6.45, 7) is 6.16. The highest BCUT2D eigenvalue weighted by Gasteiger charge is 2.44. The number of quaternary nitrogens is 1. The number of likely N-dealkylation sites (N-methyl/N-ethyl adjacent to an activating group) is 1. The van der Waals surface area contributed by atoms with Gasteiger partial charge in [0.2, 0.25) is 0 Å². The summed E-state index contributed by atoms with van der Waals surface area (Å²) in [5, 5.41) is 18.9. The summed E-state index contributed by atoms with van der Waals surface area (Å²) in [4.78, 5) is 23.0. The average Bonchev–Trinajstić information content (AvgIpc) is 2.51. The quantitative estimate of drug-likeness (QED) is 0.333. The number of carboxylic acid groups (broad SMARTS) is 2. The van der Waals surface area contributed by atoms with Crippen molar-refractivity contribution in [1.82, 2.24) is 0 Å². The standard InChI is InChI=1S/C20H39NO4/c1-6-7-8-9-10-11-12-13-14-17(18(22)23)15-16-21(4,5)20(2,3)19(24)25/h17H,6-16H2,1-5H3,(H-,22,23,24,25)/p+1. The molecule has 1 unspecified atom stereocenters. The van der Waals surface area contributed by atoms with Gasteiger partial charge < -0.3 is 14.7 Å². The summed E-state index contributed by atoms with van der Waals surface area (Å²) < 4.78 is 0.281. The number of nitrogens with zero attached hydrogens (tertiary/aromatic N) is 1. The second-order valence-electron chi connectivity index (χ2n) is 8.36. The van der Waals surface area contributed by atoms with Gasteiger partial charge in [0.25, 0.3) is 0 Å². The van der Waals surface area contributed by atoms with Gasteiger partial charge in [-0.05, 0) is 6.42 Å². The first kappa shape index (κ1) is 23.9. The van der Waals surface area contributed by atoms with Crippen molar-refractivity contribution in [3.63, 3.8) is 0 Å². The minimum absolute atomic E-state index is 0.281. The molecule has 0 bridgehead atoms. The lowest BCUT2D eigenvalue weighted by Crippen LogP contribution is -2.61. The van der Waals surface area contributed by atoms with Gasteiger partial charge >= 0.3 is 11.9 Å². The summed E-state index contributed by atoms with van der Waals surface area (Å²) in [7, 11) is 3.73. The molecule has 0 spiro atoms. The van der Waals surface area contributed by atoms with Crippen LogP contribution in [0.25, 0.3) is 0 Å². The zero-order chi connectivity index (χ0) is 19.5. The van der Waals surface area contributed by atoms with Crippen molar-refractivity contribution in [1.29, 1.82) is 0 Å². The molecule has 2 N–H and O–H groups in total. The molecule has 1 atom stereocenters. The summed E-state index contributed by atoms with van der Waals surface area (Å²) in [5.41, 5.74) is -0.929. The Labute approximate surface area is 154 Å². The van der Waals surface area contributed by atoms with E-state index in [-0.39, 0.29) is 10.4 Å². The highest BCUT2D eigenvalue weighted by Crippen LogP contribution is 2.24. The number of carbonyl (C=O) groups is 2. The van der Waals surface area contributed by atoms with E-state index in [1.54, 1.807) is 13.8 Å². The fourth-order valence-corrected chi connectivity index (χ4v) is 2.93. The molecule has 25 heavy (non-hydrogen) atoms. The van der Waals surface area contributed by atoms with Crippen LogP contribution in [0.2, 0.25) is 0 Å². The minimum atomic E-state index is -0.929. The number of carboxylic acids is 2. The number of rotatable bonds is 15. The van der Waals surface area contributed by atoms with E-state index in [4.69, 9.17) is 0 Å². The van der Waals surface area contributed by atoms with E-state index in [9.17, 15) is 19.8 Å². The highest BCUT2D eigenvalue weighted by atomic mass is 16.4. The lowest BCUT2D eigenvalue weighted by molar-refractivity contribution is -0.928. The van der Waals surface area contributed by atoms with E-state index >= 15 is 0 Å². The van der Waals surface area contributed by atoms with Gasteiger partial charge in [-0.1, -0.05) is 58.3 Å². The van der Waals surface area contributed by atoms with Crippen LogP contribution in [0.1, 0.15) is 85.0 Å². The molecule has 0 aromatic rings. The molecule has 0 heterocycles. The monoisotopic (exact) mass is 358 g/mol. The molecule has 0 rings (SSSR count). The average molecular weight is 359 g/mol. The van der Waals surface area contributed by atoms with Crippen molar-refractivity contribution >= 4 is 11.9 Å². The normalized spacial score (nSPS) is 13.6. The van der Waals surface area contributed by atoms with E-state index < -0.39 is 17.5 Å². The zero-order valence-corrected chi connectivity index (χ0v) is 17.0. The Hall–Kier alpha value is -1.10. The Bertz CT molecular complexity index is 405. The first-order valence-electron chi connectivity index (χ1n) is 9.85. The lowest BCUT2D eigenvalue weighted by Gasteiger charge is -2.42. The fraction of sp³-hybridized carbons (Fsp3) is 0.900. The van der Waals surface area contributed by atoms with E-state index in [1.165, 1.54) is 38.5 Å². The highest BCUT2D eigenvalue weighted by molar-refractivity contribution is 5.76. The number of hydrogen-bond acceptors (Lipinski definition) is 2. The maximum Gasteiger partial charge on any atom is 0.365 e. The second-order valence-corrected chi connectivity index (χ2v) is 8.36. The third kappa shape index (κ3) is 8.70. The second kappa shape index (κ2) is 11.5. The topological polar surface area (TPSA) is 74.6 Å². The molecule has 0 aliphatic heterocycles. The van der Waals surface area contributed by atoms with Gasteiger partial charge in [0.05, 0.1) is 26.6 Å². The van der Waals surface area contributed by atoms with Gasteiger partial charge in [-0.3, -0.25) is 4.79 Å². The summed E-state index contributed by atoms with van der Waals surface area (Å²) in [6.07, 6.45) is 10.8. The predicted molar refractivity (Wildman–Crippen MR) is 102 cm³/mol. The van der Waals surface area contributed by atoms with Crippen LogP contribution in [0.3, 0.4) is 0 Å². The lowest BCUT2D eigenvalue weighted by atomic mass is 9.94. The van der Waals surface area contributed by atoms with Crippen LogP contribution in [0.15, 0.2) is 0 Å². The van der Waals surface area contributed by atoms with Gasteiger partial charge in [-0.25, -0.2) is 4.79 Å². The SMILES string of the molecule is CCCCCCCCCCC(CC[N+](C)(C)C(C)(C)C(=O)O)C(=O)O. The van der Waals surface area contributed by atoms with Crippen LogP contribution >= 0.6 is 0 Å². The van der Waals surface area contributed by atoms with Crippen LogP contribution in [0.5, 0.6) is 0 Å². The third-order valence-electron chi connectivity index (χ3n) is 5.83. The van der Waals surface area contributed by atoms with E-state index in [0.717, 1.165) is 12.8 Å². The van der Waals surface area contributed by atoms with Crippen molar-refractivity contribution < 1.29 is 24.3 Å². The van der Waals surface area contributed by atoms with Gasteiger partial charge in [0.15, 0.2) is 5.54 Å². The number of unbranched alkanes of at least 4 members (excludes halogenated alkanes) is 7. The zero-order valence-electron chi connectivity index (χ0n) is 17.0. The molecule has 0 radical (unpaired) electrons. The van der Waals surface area contributed by atoms with Crippen molar-refractivity contribution in [2.75, 3.05) is 20.6 Å². The molecule has 148 valence electrons. The van der Waals surface area contributed by atoms with Crippen molar-refractivity contribution in [2.45, 2.75) is 90.5 Å². The van der Waals surface area contributed by atoms with Crippen molar-refractivity contribution in [3.05, 3.63) is 0 Å². The maximum absolute atomic E-state index is 11.5. The molecule has 0 fully saturated rings. The maximum atomic E-state index is 11.5. The molecule has 0 aromatic carbocycles. The first-order valence-corrected chi connectivity index (χ1v) is 9.85. The van der Waals surface area contributed by atoms with Crippen molar-refractivity contribution in [3.8, 4) is 0 Å². The minimum Gasteiger partial charge on any atom is -0.481 e. The Kier molecular flexibility index (Phi) is 11.0. The van der Waals surface area contributed by atoms with Crippen LogP contribution < -0.4 is 0 Å². The molecule has 0 aliphatic carbocycles. The molecule has 5 nitrogen and oxygen atoms in total. The molecular weight excluding hydrogens is 318 g/mol. The van der Waals surface area contributed by atoms with E-state index in [2.05, 4.69) is 6.92 Å². The summed E-state index contributed by atoms with van der Waals surface area (Å²) in [6, 6.07) is 0. The first-order chi connectivity index (χ1) is 11.6. The Morgan fingerprint density at radius 3 is 1.80 bits per heavy atom. The van der Waals surface area contributed by atoms with Crippen LogP contribution in [0.4, 0.5) is 0 Å². The summed E-state index contributed by atoms with van der Waals surface area (Å²) >= 11 is 0. The fourth-order valence-electron chi connectivity index (χ4n) is 2.93. The van der Waals surface area contributed by atoms with Crippen LogP contribution in [0, 0.1) is 5.92 Å². The van der Waals surface area contributed by atoms with Gasteiger partial charge in [0, 0.05) is 20.3 Å². The van der Waals surface area contributed by atoms with Gasteiger partial charge in [-0.2, -0.15) is 0 Å². The third-order valence-corrected chi connectivity index (χ3v) is 5.83.